The van der Waals surface area contributed by atoms with Gasteiger partial charge < -0.3 is 11.5 Å². The SMILES string of the molecule is Cc1cccc(C(N)c2c(C)ccnc2N)c1. The molecule has 88 valence electrons. The number of hydrogen-bond acceptors (Lipinski definition) is 3. The minimum Gasteiger partial charge on any atom is -0.383 e. The summed E-state index contributed by atoms with van der Waals surface area (Å²) in [4.78, 5) is 4.11. The molecular formula is C14H17N3. The Morgan fingerprint density at radius 3 is 2.59 bits per heavy atom. The molecule has 0 amide bonds. The standard InChI is InChI=1S/C14H17N3/c1-9-4-3-5-11(8-9)13(15)12-10(2)6-7-17-14(12)16/h3-8,13H,15H2,1-2H3,(H2,16,17). The molecule has 2 rings (SSSR count). The average molecular weight is 227 g/mol. The van der Waals surface area contributed by atoms with Crippen LogP contribution in [0, 0.1) is 13.8 Å². The summed E-state index contributed by atoms with van der Waals surface area (Å²) in [5, 5.41) is 0. The van der Waals surface area contributed by atoms with Crippen molar-refractivity contribution in [2.24, 2.45) is 5.73 Å². The fourth-order valence-electron chi connectivity index (χ4n) is 2.03. The number of benzene rings is 1. The lowest BCUT2D eigenvalue weighted by Gasteiger charge is -2.17. The van der Waals surface area contributed by atoms with Crippen LogP contribution in [0.4, 0.5) is 5.82 Å². The van der Waals surface area contributed by atoms with Crippen molar-refractivity contribution in [3.63, 3.8) is 0 Å². The van der Waals surface area contributed by atoms with Crippen molar-refractivity contribution in [3.05, 3.63) is 58.8 Å². The van der Waals surface area contributed by atoms with Crippen LogP contribution in [0.25, 0.3) is 0 Å². The largest absolute Gasteiger partial charge is 0.383 e. The van der Waals surface area contributed by atoms with Crippen LogP contribution in [0.2, 0.25) is 0 Å². The number of anilines is 1. The third-order valence-electron chi connectivity index (χ3n) is 2.95. The van der Waals surface area contributed by atoms with E-state index < -0.39 is 0 Å². The molecule has 1 atom stereocenters. The van der Waals surface area contributed by atoms with E-state index in [0.717, 1.165) is 16.7 Å². The Balaban J connectivity index is 2.47. The van der Waals surface area contributed by atoms with E-state index in [0.29, 0.717) is 5.82 Å². The van der Waals surface area contributed by atoms with Crippen LogP contribution >= 0.6 is 0 Å². The van der Waals surface area contributed by atoms with Gasteiger partial charge in [-0.25, -0.2) is 4.98 Å². The zero-order valence-corrected chi connectivity index (χ0v) is 10.1. The summed E-state index contributed by atoms with van der Waals surface area (Å²) in [6.07, 6.45) is 1.71. The third kappa shape index (κ3) is 2.29. The van der Waals surface area contributed by atoms with Crippen molar-refractivity contribution < 1.29 is 0 Å². The lowest BCUT2D eigenvalue weighted by Crippen LogP contribution is -2.16. The maximum Gasteiger partial charge on any atom is 0.128 e. The molecule has 0 saturated carbocycles. The Kier molecular flexibility index (Phi) is 3.11. The second kappa shape index (κ2) is 4.55. The van der Waals surface area contributed by atoms with E-state index in [1.807, 2.05) is 25.1 Å². The van der Waals surface area contributed by atoms with Crippen LogP contribution in [0.15, 0.2) is 36.5 Å². The monoisotopic (exact) mass is 227 g/mol. The summed E-state index contributed by atoms with van der Waals surface area (Å²) in [5.74, 6) is 0.513. The quantitative estimate of drug-likeness (QED) is 0.827. The van der Waals surface area contributed by atoms with Crippen molar-refractivity contribution in [2.75, 3.05) is 5.73 Å². The first-order chi connectivity index (χ1) is 8.09. The van der Waals surface area contributed by atoms with E-state index in [1.54, 1.807) is 6.20 Å². The molecule has 0 saturated heterocycles. The van der Waals surface area contributed by atoms with Gasteiger partial charge in [0.2, 0.25) is 0 Å². The number of nitrogens with zero attached hydrogens (tertiary/aromatic N) is 1. The number of rotatable bonds is 2. The Morgan fingerprint density at radius 2 is 1.94 bits per heavy atom. The van der Waals surface area contributed by atoms with E-state index in [2.05, 4.69) is 24.0 Å². The van der Waals surface area contributed by atoms with Crippen molar-refractivity contribution in [3.8, 4) is 0 Å². The summed E-state index contributed by atoms with van der Waals surface area (Å²) in [6.45, 7) is 4.05. The predicted octanol–water partition coefficient (Wildman–Crippen LogP) is 2.33. The molecule has 1 aromatic carbocycles. The lowest BCUT2D eigenvalue weighted by molar-refractivity contribution is 0.856. The van der Waals surface area contributed by atoms with E-state index in [9.17, 15) is 0 Å². The lowest BCUT2D eigenvalue weighted by atomic mass is 9.95. The van der Waals surface area contributed by atoms with Gasteiger partial charge in [0.1, 0.15) is 5.82 Å². The van der Waals surface area contributed by atoms with Crippen molar-refractivity contribution in [2.45, 2.75) is 19.9 Å². The van der Waals surface area contributed by atoms with E-state index in [-0.39, 0.29) is 6.04 Å². The molecule has 0 spiro atoms. The molecule has 1 aromatic heterocycles. The van der Waals surface area contributed by atoms with Crippen molar-refractivity contribution >= 4 is 5.82 Å². The van der Waals surface area contributed by atoms with Crippen LogP contribution in [0.3, 0.4) is 0 Å². The van der Waals surface area contributed by atoms with Crippen LogP contribution in [0.1, 0.15) is 28.3 Å². The maximum atomic E-state index is 6.27. The molecule has 17 heavy (non-hydrogen) atoms. The summed E-state index contributed by atoms with van der Waals surface area (Å²) < 4.78 is 0. The van der Waals surface area contributed by atoms with Gasteiger partial charge >= 0.3 is 0 Å². The molecule has 0 aliphatic carbocycles. The normalized spacial score (nSPS) is 12.4. The maximum absolute atomic E-state index is 6.27. The Hall–Kier alpha value is -1.87. The molecule has 4 N–H and O–H groups in total. The fraction of sp³-hybridized carbons (Fsp3) is 0.214. The molecule has 3 heteroatoms. The fourth-order valence-corrected chi connectivity index (χ4v) is 2.03. The van der Waals surface area contributed by atoms with E-state index in [1.165, 1.54) is 5.56 Å². The molecule has 0 fully saturated rings. The molecule has 3 nitrogen and oxygen atoms in total. The zero-order chi connectivity index (χ0) is 12.4. The molecule has 1 heterocycles. The average Bonchev–Trinajstić information content (AvgIpc) is 2.28. The summed E-state index contributed by atoms with van der Waals surface area (Å²) >= 11 is 0. The second-order valence-corrected chi connectivity index (χ2v) is 4.32. The molecule has 0 bridgehead atoms. The van der Waals surface area contributed by atoms with Crippen LogP contribution in [-0.2, 0) is 0 Å². The van der Waals surface area contributed by atoms with Gasteiger partial charge in [0.25, 0.3) is 0 Å². The highest BCUT2D eigenvalue weighted by molar-refractivity contribution is 5.49. The van der Waals surface area contributed by atoms with Crippen LogP contribution < -0.4 is 11.5 Å². The molecule has 0 aliphatic heterocycles. The molecule has 0 aliphatic rings. The van der Waals surface area contributed by atoms with Gasteiger partial charge in [0.15, 0.2) is 0 Å². The van der Waals surface area contributed by atoms with Crippen molar-refractivity contribution in [1.82, 2.24) is 4.98 Å². The first kappa shape index (κ1) is 11.6. The highest BCUT2D eigenvalue weighted by atomic mass is 14.8. The minimum absolute atomic E-state index is 0.219. The molecular weight excluding hydrogens is 210 g/mol. The summed E-state index contributed by atoms with van der Waals surface area (Å²) in [5.41, 5.74) is 16.4. The summed E-state index contributed by atoms with van der Waals surface area (Å²) in [6, 6.07) is 9.87. The molecule has 2 aromatic rings. The Morgan fingerprint density at radius 1 is 1.18 bits per heavy atom. The van der Waals surface area contributed by atoms with Crippen LogP contribution in [0.5, 0.6) is 0 Å². The number of nitrogen functional groups attached to an aromatic ring is 1. The van der Waals surface area contributed by atoms with Gasteiger partial charge in [-0.2, -0.15) is 0 Å². The molecule has 1 unspecified atom stereocenters. The van der Waals surface area contributed by atoms with Crippen molar-refractivity contribution in [1.29, 1.82) is 0 Å². The number of aromatic nitrogens is 1. The zero-order valence-electron chi connectivity index (χ0n) is 10.1. The van der Waals surface area contributed by atoms with Gasteiger partial charge in [-0.15, -0.1) is 0 Å². The van der Waals surface area contributed by atoms with E-state index in [4.69, 9.17) is 11.5 Å². The molecule has 0 radical (unpaired) electrons. The smallest absolute Gasteiger partial charge is 0.128 e. The number of nitrogens with two attached hydrogens (primary N) is 2. The Labute approximate surface area is 101 Å². The topological polar surface area (TPSA) is 64.9 Å². The summed E-state index contributed by atoms with van der Waals surface area (Å²) in [7, 11) is 0. The van der Waals surface area contributed by atoms with Gasteiger partial charge in [-0.05, 0) is 31.0 Å². The first-order valence-electron chi connectivity index (χ1n) is 5.62. The van der Waals surface area contributed by atoms with Crippen LogP contribution in [-0.4, -0.2) is 4.98 Å². The van der Waals surface area contributed by atoms with Gasteiger partial charge in [0.05, 0.1) is 6.04 Å². The third-order valence-corrected chi connectivity index (χ3v) is 2.95. The van der Waals surface area contributed by atoms with Gasteiger partial charge in [-0.3, -0.25) is 0 Å². The number of pyridine rings is 1. The van der Waals surface area contributed by atoms with E-state index >= 15 is 0 Å². The number of hydrogen-bond donors (Lipinski definition) is 2. The number of aryl methyl sites for hydroxylation is 2. The highest BCUT2D eigenvalue weighted by Gasteiger charge is 2.15. The van der Waals surface area contributed by atoms with Gasteiger partial charge in [-0.1, -0.05) is 29.8 Å². The highest BCUT2D eigenvalue weighted by Crippen LogP contribution is 2.26. The Bertz CT molecular complexity index is 514. The van der Waals surface area contributed by atoms with Gasteiger partial charge in [0, 0.05) is 11.8 Å². The predicted molar refractivity (Wildman–Crippen MR) is 70.6 cm³/mol. The first-order valence-corrected chi connectivity index (χ1v) is 5.62. The minimum atomic E-state index is -0.219. The second-order valence-electron chi connectivity index (χ2n) is 4.32.